The first-order chi connectivity index (χ1) is 9.43. The van der Waals surface area contributed by atoms with Crippen LogP contribution in [0.5, 0.6) is 5.75 Å². The lowest BCUT2D eigenvalue weighted by molar-refractivity contribution is -0.147. The van der Waals surface area contributed by atoms with E-state index in [1.165, 1.54) is 13.3 Å². The summed E-state index contributed by atoms with van der Waals surface area (Å²) >= 11 is 4.72. The number of para-hydroxylation sites is 1. The molecule has 9 heteroatoms. The van der Waals surface area contributed by atoms with Crippen LogP contribution in [0.25, 0.3) is 0 Å². The van der Waals surface area contributed by atoms with E-state index in [1.54, 1.807) is 24.3 Å². The number of rotatable bonds is 3. The largest absolute Gasteiger partial charge is 0.496 e. The minimum atomic E-state index is -4.65. The average Bonchev–Trinajstić information content (AvgIpc) is 2.78. The topological polar surface area (TPSA) is 55.2 Å². The van der Waals surface area contributed by atoms with E-state index >= 15 is 0 Å². The van der Waals surface area contributed by atoms with Crippen LogP contribution < -0.4 is 4.74 Å². The third-order valence-electron chi connectivity index (χ3n) is 2.36. The van der Waals surface area contributed by atoms with Crippen LogP contribution in [-0.2, 0) is 6.18 Å². The van der Waals surface area contributed by atoms with Gasteiger partial charge >= 0.3 is 6.18 Å². The minimum Gasteiger partial charge on any atom is -0.496 e. The first-order valence-electron chi connectivity index (χ1n) is 5.35. The van der Waals surface area contributed by atoms with Crippen LogP contribution in [0.2, 0.25) is 0 Å². The third-order valence-corrected chi connectivity index (χ3v) is 2.62. The lowest BCUT2D eigenvalue weighted by Crippen LogP contribution is -2.12. The molecule has 106 valence electrons. The number of halogens is 3. The van der Waals surface area contributed by atoms with Gasteiger partial charge in [0.15, 0.2) is 0 Å². The van der Waals surface area contributed by atoms with Crippen molar-refractivity contribution in [2.75, 3.05) is 7.11 Å². The zero-order chi connectivity index (χ0) is 14.8. The smallest absolute Gasteiger partial charge is 0.453 e. The maximum absolute atomic E-state index is 12.7. The van der Waals surface area contributed by atoms with Gasteiger partial charge in [-0.15, -0.1) is 5.10 Å². The summed E-state index contributed by atoms with van der Waals surface area (Å²) in [6, 6.07) is 6.77. The number of hydrogen-bond donors (Lipinski definition) is 1. The highest BCUT2D eigenvalue weighted by Crippen LogP contribution is 2.27. The van der Waals surface area contributed by atoms with Crippen molar-refractivity contribution in [3.8, 4) is 5.75 Å². The molecule has 0 saturated heterocycles. The summed E-state index contributed by atoms with van der Waals surface area (Å²) in [5, 5.41) is 8.88. The first kappa shape index (κ1) is 14.3. The quantitative estimate of drug-likeness (QED) is 0.700. The monoisotopic (exact) mass is 302 g/mol. The number of aromatic amines is 1. The highest BCUT2D eigenvalue weighted by molar-refractivity contribution is 7.71. The fraction of sp³-hybridized carbons (Fsp3) is 0.182. The molecule has 0 bridgehead atoms. The molecular weight excluding hydrogens is 293 g/mol. The highest BCUT2D eigenvalue weighted by Gasteiger charge is 2.37. The number of nitrogens with one attached hydrogen (secondary N) is 1. The molecule has 0 saturated carbocycles. The molecule has 0 aliphatic carbocycles. The van der Waals surface area contributed by atoms with Gasteiger partial charge in [0.2, 0.25) is 4.77 Å². The fourth-order valence-corrected chi connectivity index (χ4v) is 1.65. The molecule has 0 aliphatic rings. The highest BCUT2D eigenvalue weighted by atomic mass is 32.1. The summed E-state index contributed by atoms with van der Waals surface area (Å²) < 4.78 is 43.4. The summed E-state index contributed by atoms with van der Waals surface area (Å²) in [5.41, 5.74) is 0.520. The van der Waals surface area contributed by atoms with Gasteiger partial charge in [-0.2, -0.15) is 22.9 Å². The zero-order valence-corrected chi connectivity index (χ0v) is 11.0. The molecule has 20 heavy (non-hydrogen) atoms. The Morgan fingerprint density at radius 1 is 1.40 bits per heavy atom. The van der Waals surface area contributed by atoms with Crippen molar-refractivity contribution in [1.29, 1.82) is 0 Å². The molecule has 0 radical (unpaired) electrons. The van der Waals surface area contributed by atoms with Crippen molar-refractivity contribution in [1.82, 2.24) is 14.9 Å². The van der Waals surface area contributed by atoms with E-state index in [1.807, 2.05) is 0 Å². The van der Waals surface area contributed by atoms with Gasteiger partial charge in [0.05, 0.1) is 13.3 Å². The number of ether oxygens (including phenoxy) is 1. The second kappa shape index (κ2) is 5.45. The van der Waals surface area contributed by atoms with Gasteiger partial charge in [-0.25, -0.2) is 5.10 Å². The van der Waals surface area contributed by atoms with E-state index in [-0.39, 0.29) is 4.77 Å². The number of benzene rings is 1. The van der Waals surface area contributed by atoms with Gasteiger partial charge in [0.1, 0.15) is 5.75 Å². The Balaban J connectivity index is 2.42. The second-order valence-corrected chi connectivity index (χ2v) is 4.04. The van der Waals surface area contributed by atoms with Gasteiger partial charge in [-0.3, -0.25) is 0 Å². The third kappa shape index (κ3) is 2.87. The van der Waals surface area contributed by atoms with Gasteiger partial charge in [-0.1, -0.05) is 12.1 Å². The molecule has 5 nitrogen and oxygen atoms in total. The molecule has 0 atom stereocenters. The summed E-state index contributed by atoms with van der Waals surface area (Å²) in [6.45, 7) is 0. The van der Waals surface area contributed by atoms with E-state index < -0.39 is 12.0 Å². The number of nitrogens with zero attached hydrogens (tertiary/aromatic N) is 3. The van der Waals surface area contributed by atoms with Crippen LogP contribution in [0.3, 0.4) is 0 Å². The first-order valence-corrected chi connectivity index (χ1v) is 5.76. The molecule has 1 N–H and O–H groups in total. The van der Waals surface area contributed by atoms with Crippen LogP contribution in [0, 0.1) is 4.77 Å². The van der Waals surface area contributed by atoms with Crippen LogP contribution in [0.15, 0.2) is 29.4 Å². The summed E-state index contributed by atoms with van der Waals surface area (Å²) in [4.78, 5) is 0. The molecule has 0 spiro atoms. The van der Waals surface area contributed by atoms with Crippen molar-refractivity contribution in [2.45, 2.75) is 6.18 Å². The molecule has 1 aromatic heterocycles. The Labute approximate surface area is 116 Å². The normalized spacial score (nSPS) is 12.0. The van der Waals surface area contributed by atoms with Crippen LogP contribution in [0.1, 0.15) is 11.4 Å². The van der Waals surface area contributed by atoms with Crippen LogP contribution in [-0.4, -0.2) is 28.2 Å². The van der Waals surface area contributed by atoms with Crippen LogP contribution in [0.4, 0.5) is 13.2 Å². The molecule has 2 rings (SSSR count). The molecule has 1 heterocycles. The van der Waals surface area contributed by atoms with E-state index in [0.717, 1.165) is 0 Å². The SMILES string of the molecule is COc1ccccc1/C=N\n1c(C(F)(F)F)n[nH]c1=S. The Bertz CT molecular complexity index is 689. The predicted molar refractivity (Wildman–Crippen MR) is 68.4 cm³/mol. The Kier molecular flexibility index (Phi) is 3.89. The lowest BCUT2D eigenvalue weighted by atomic mass is 10.2. The van der Waals surface area contributed by atoms with Gasteiger partial charge in [0.25, 0.3) is 5.82 Å². The average molecular weight is 302 g/mol. The van der Waals surface area contributed by atoms with Gasteiger partial charge in [0, 0.05) is 5.56 Å². The van der Waals surface area contributed by atoms with Crippen molar-refractivity contribution < 1.29 is 17.9 Å². The van der Waals surface area contributed by atoms with E-state index in [4.69, 9.17) is 17.0 Å². The van der Waals surface area contributed by atoms with Crippen LogP contribution >= 0.6 is 12.2 Å². The Morgan fingerprint density at radius 3 is 2.75 bits per heavy atom. The summed E-state index contributed by atoms with van der Waals surface area (Å²) in [7, 11) is 1.46. The van der Waals surface area contributed by atoms with E-state index in [0.29, 0.717) is 16.0 Å². The maximum atomic E-state index is 12.7. The van der Waals surface area contributed by atoms with Gasteiger partial charge < -0.3 is 4.74 Å². The van der Waals surface area contributed by atoms with Gasteiger partial charge in [-0.05, 0) is 24.4 Å². The zero-order valence-electron chi connectivity index (χ0n) is 10.2. The van der Waals surface area contributed by atoms with Crippen molar-refractivity contribution >= 4 is 18.4 Å². The number of H-pyrrole nitrogens is 1. The summed E-state index contributed by atoms with van der Waals surface area (Å²) in [5.74, 6) is -0.728. The Hall–Kier alpha value is -2.16. The fourth-order valence-electron chi connectivity index (χ4n) is 1.48. The molecule has 0 unspecified atom stereocenters. The van der Waals surface area contributed by atoms with Crippen molar-refractivity contribution in [3.63, 3.8) is 0 Å². The molecular formula is C11H9F3N4OS. The number of methoxy groups -OCH3 is 1. The minimum absolute atomic E-state index is 0.247. The van der Waals surface area contributed by atoms with Crippen molar-refractivity contribution in [3.05, 3.63) is 40.4 Å². The molecule has 1 aromatic carbocycles. The van der Waals surface area contributed by atoms with Crippen molar-refractivity contribution in [2.24, 2.45) is 5.10 Å². The predicted octanol–water partition coefficient (Wildman–Crippen LogP) is 2.85. The van der Waals surface area contributed by atoms with E-state index in [9.17, 15) is 13.2 Å². The van der Waals surface area contributed by atoms with E-state index in [2.05, 4.69) is 15.3 Å². The summed E-state index contributed by atoms with van der Waals surface area (Å²) in [6.07, 6.45) is -3.43. The maximum Gasteiger partial charge on any atom is 0.453 e. The molecule has 0 fully saturated rings. The number of alkyl halides is 3. The molecule has 0 aliphatic heterocycles. The number of aromatic nitrogens is 3. The molecule has 2 aromatic rings. The Morgan fingerprint density at radius 2 is 2.10 bits per heavy atom. The second-order valence-electron chi connectivity index (χ2n) is 3.65. The molecule has 0 amide bonds. The lowest BCUT2D eigenvalue weighted by Gasteiger charge is -2.05. The number of hydrogen-bond acceptors (Lipinski definition) is 4. The standard InChI is InChI=1S/C11H9F3N4OS/c1-19-8-5-3-2-4-7(8)6-15-18-9(11(12,13)14)16-17-10(18)20/h2-6H,1H3,(H,17,20)/b15-6-.